The van der Waals surface area contributed by atoms with Crippen molar-refractivity contribution in [3.63, 3.8) is 0 Å². The molecule has 1 N–H and O–H groups in total. The lowest BCUT2D eigenvalue weighted by atomic mass is 9.94. The number of nitrogens with zero attached hydrogens (tertiary/aromatic N) is 2. The number of hydrogen-bond acceptors (Lipinski definition) is 5. The SMILES string of the molecule is O=C(N[C@@H](Cc1ccc(OCF)cc1)C(=O)N1CCCC[C@@H]1c1cccnc1)c1ccco1. The van der Waals surface area contributed by atoms with Crippen LogP contribution in [0.4, 0.5) is 4.39 Å². The van der Waals surface area contributed by atoms with Crippen LogP contribution < -0.4 is 10.1 Å². The van der Waals surface area contributed by atoms with Gasteiger partial charge in [0.15, 0.2) is 5.76 Å². The molecule has 0 radical (unpaired) electrons. The van der Waals surface area contributed by atoms with Crippen molar-refractivity contribution in [3.05, 3.63) is 84.1 Å². The van der Waals surface area contributed by atoms with Gasteiger partial charge in [-0.3, -0.25) is 14.6 Å². The van der Waals surface area contributed by atoms with Gasteiger partial charge in [0.05, 0.1) is 12.3 Å². The number of carbonyl (C=O) groups is 2. The van der Waals surface area contributed by atoms with Gasteiger partial charge in [-0.15, -0.1) is 0 Å². The highest BCUT2D eigenvalue weighted by Gasteiger charge is 2.34. The summed E-state index contributed by atoms with van der Waals surface area (Å²) in [4.78, 5) is 32.5. The number of pyridine rings is 1. The van der Waals surface area contributed by atoms with Gasteiger partial charge < -0.3 is 19.4 Å². The third-order valence-electron chi connectivity index (χ3n) is 5.79. The molecule has 2 aromatic heterocycles. The normalized spacial score (nSPS) is 16.8. The molecule has 1 aliphatic rings. The van der Waals surface area contributed by atoms with Crippen molar-refractivity contribution in [1.82, 2.24) is 15.2 Å². The maximum absolute atomic E-state index is 13.7. The summed E-state index contributed by atoms with van der Waals surface area (Å²) in [7, 11) is 0. The summed E-state index contributed by atoms with van der Waals surface area (Å²) in [6, 6.07) is 12.9. The summed E-state index contributed by atoms with van der Waals surface area (Å²) >= 11 is 0. The number of halogens is 1. The summed E-state index contributed by atoms with van der Waals surface area (Å²) < 4.78 is 22.5. The third-order valence-corrected chi connectivity index (χ3v) is 5.79. The van der Waals surface area contributed by atoms with Crippen LogP contribution in [0.25, 0.3) is 0 Å². The number of aromatic nitrogens is 1. The maximum Gasteiger partial charge on any atom is 0.287 e. The number of alkyl halides is 1. The molecule has 0 unspecified atom stereocenters. The first kappa shape index (κ1) is 22.5. The second-order valence-electron chi connectivity index (χ2n) is 7.93. The first-order chi connectivity index (χ1) is 16.2. The quantitative estimate of drug-likeness (QED) is 0.558. The number of benzene rings is 1. The number of furan rings is 1. The molecule has 0 aliphatic carbocycles. The van der Waals surface area contributed by atoms with Crippen molar-refractivity contribution in [2.24, 2.45) is 0 Å². The Morgan fingerprint density at radius 1 is 1.18 bits per heavy atom. The van der Waals surface area contributed by atoms with Crippen LogP contribution in [-0.4, -0.2) is 41.1 Å². The van der Waals surface area contributed by atoms with Gasteiger partial charge in [0, 0.05) is 25.4 Å². The summed E-state index contributed by atoms with van der Waals surface area (Å²) in [5.74, 6) is -0.0726. The highest BCUT2D eigenvalue weighted by atomic mass is 19.1. The lowest BCUT2D eigenvalue weighted by Crippen LogP contribution is -2.51. The fourth-order valence-electron chi connectivity index (χ4n) is 4.17. The Kier molecular flexibility index (Phi) is 7.34. The predicted molar refractivity (Wildman–Crippen MR) is 119 cm³/mol. The Labute approximate surface area is 191 Å². The molecular formula is C25H26FN3O4. The first-order valence-corrected chi connectivity index (χ1v) is 11.0. The van der Waals surface area contributed by atoms with Crippen LogP contribution in [0.2, 0.25) is 0 Å². The number of hydrogen-bond donors (Lipinski definition) is 1. The summed E-state index contributed by atoms with van der Waals surface area (Å²) in [5, 5.41) is 2.85. The molecule has 8 heteroatoms. The summed E-state index contributed by atoms with van der Waals surface area (Å²) in [5.41, 5.74) is 1.80. The average Bonchev–Trinajstić information content (AvgIpc) is 3.40. The van der Waals surface area contributed by atoms with Gasteiger partial charge in [0.2, 0.25) is 12.8 Å². The monoisotopic (exact) mass is 451 g/mol. The van der Waals surface area contributed by atoms with Gasteiger partial charge in [0.25, 0.3) is 5.91 Å². The van der Waals surface area contributed by atoms with Crippen LogP contribution in [-0.2, 0) is 11.2 Å². The van der Waals surface area contributed by atoms with Crippen molar-refractivity contribution < 1.29 is 23.1 Å². The van der Waals surface area contributed by atoms with Crippen molar-refractivity contribution in [2.45, 2.75) is 37.8 Å². The molecule has 4 rings (SSSR count). The smallest absolute Gasteiger partial charge is 0.287 e. The van der Waals surface area contributed by atoms with Crippen LogP contribution in [0.3, 0.4) is 0 Å². The summed E-state index contributed by atoms with van der Waals surface area (Å²) in [6.07, 6.45) is 7.94. The first-order valence-electron chi connectivity index (χ1n) is 11.0. The van der Waals surface area contributed by atoms with Gasteiger partial charge in [-0.1, -0.05) is 18.2 Å². The number of amides is 2. The van der Waals surface area contributed by atoms with E-state index in [0.717, 1.165) is 30.4 Å². The number of carbonyl (C=O) groups excluding carboxylic acids is 2. The molecule has 1 aliphatic heterocycles. The number of rotatable bonds is 8. The molecule has 1 aromatic carbocycles. The molecule has 172 valence electrons. The molecular weight excluding hydrogens is 425 g/mol. The molecule has 2 amide bonds. The fourth-order valence-corrected chi connectivity index (χ4v) is 4.17. The summed E-state index contributed by atoms with van der Waals surface area (Å²) in [6.45, 7) is -0.306. The third kappa shape index (κ3) is 5.58. The van der Waals surface area contributed by atoms with Crippen molar-refractivity contribution in [1.29, 1.82) is 0 Å². The van der Waals surface area contributed by atoms with Crippen molar-refractivity contribution in [3.8, 4) is 5.75 Å². The van der Waals surface area contributed by atoms with E-state index in [1.807, 2.05) is 17.0 Å². The molecule has 1 fully saturated rings. The highest BCUT2D eigenvalue weighted by molar-refractivity contribution is 5.95. The van der Waals surface area contributed by atoms with E-state index in [9.17, 15) is 14.0 Å². The topological polar surface area (TPSA) is 84.7 Å². The second kappa shape index (κ2) is 10.8. The van der Waals surface area contributed by atoms with E-state index in [0.29, 0.717) is 12.3 Å². The Bertz CT molecular complexity index is 1040. The largest absolute Gasteiger partial charge is 0.463 e. The standard InChI is InChI=1S/C25H26FN3O4/c26-17-33-20-10-8-18(9-11-20)15-21(28-24(30)23-7-4-14-32-23)25(31)29-13-2-1-6-22(29)19-5-3-12-27-16-19/h3-5,7-12,14,16,21-22H,1-2,6,13,15,17H2,(H,28,30)/t21-,22+/m0/s1. The number of ether oxygens (including phenoxy) is 1. The minimum absolute atomic E-state index is 0.0942. The predicted octanol–water partition coefficient (Wildman–Crippen LogP) is 4.08. The van der Waals surface area contributed by atoms with Crippen LogP contribution in [0.15, 0.2) is 71.6 Å². The molecule has 0 saturated carbocycles. The number of piperidine rings is 1. The van der Waals surface area contributed by atoms with Gasteiger partial charge in [0.1, 0.15) is 11.8 Å². The zero-order valence-electron chi connectivity index (χ0n) is 18.2. The van der Waals surface area contributed by atoms with Crippen LogP contribution in [0.5, 0.6) is 5.75 Å². The lowest BCUT2D eigenvalue weighted by molar-refractivity contribution is -0.137. The molecule has 33 heavy (non-hydrogen) atoms. The zero-order valence-corrected chi connectivity index (χ0v) is 18.2. The molecule has 3 aromatic rings. The van der Waals surface area contributed by atoms with E-state index in [1.54, 1.807) is 48.8 Å². The van der Waals surface area contributed by atoms with E-state index in [-0.39, 0.29) is 24.1 Å². The molecule has 3 heterocycles. The lowest BCUT2D eigenvalue weighted by Gasteiger charge is -2.38. The van der Waals surface area contributed by atoms with Crippen molar-refractivity contribution >= 4 is 11.8 Å². The maximum atomic E-state index is 13.7. The second-order valence-corrected chi connectivity index (χ2v) is 7.93. The van der Waals surface area contributed by atoms with E-state index >= 15 is 0 Å². The Morgan fingerprint density at radius 2 is 2.03 bits per heavy atom. The average molecular weight is 451 g/mol. The van der Waals surface area contributed by atoms with E-state index < -0.39 is 18.8 Å². The van der Waals surface area contributed by atoms with Gasteiger partial charge in [-0.05, 0) is 60.7 Å². The Hall–Kier alpha value is -3.68. The molecule has 0 spiro atoms. The zero-order chi connectivity index (χ0) is 23.0. The van der Waals surface area contributed by atoms with Gasteiger partial charge >= 0.3 is 0 Å². The molecule has 1 saturated heterocycles. The van der Waals surface area contributed by atoms with Crippen LogP contribution >= 0.6 is 0 Å². The van der Waals surface area contributed by atoms with Crippen LogP contribution in [0.1, 0.15) is 47.0 Å². The van der Waals surface area contributed by atoms with Gasteiger partial charge in [-0.25, -0.2) is 4.39 Å². The molecule has 0 bridgehead atoms. The van der Waals surface area contributed by atoms with Gasteiger partial charge in [-0.2, -0.15) is 0 Å². The van der Waals surface area contributed by atoms with Crippen molar-refractivity contribution in [2.75, 3.05) is 13.4 Å². The molecule has 2 atom stereocenters. The highest BCUT2D eigenvalue weighted by Crippen LogP contribution is 2.31. The minimum atomic E-state index is -0.912. The molecule has 7 nitrogen and oxygen atoms in total. The van der Waals surface area contributed by atoms with E-state index in [4.69, 9.17) is 9.15 Å². The van der Waals surface area contributed by atoms with Crippen LogP contribution in [0, 0.1) is 0 Å². The van der Waals surface area contributed by atoms with E-state index in [1.165, 1.54) is 6.26 Å². The fraction of sp³-hybridized carbons (Fsp3) is 0.320. The Balaban J connectivity index is 1.58. The minimum Gasteiger partial charge on any atom is -0.463 e. The Morgan fingerprint density at radius 3 is 2.73 bits per heavy atom. The van der Waals surface area contributed by atoms with E-state index in [2.05, 4.69) is 10.3 Å². The number of nitrogens with one attached hydrogen (secondary N) is 1. The number of likely N-dealkylation sites (tertiary alicyclic amines) is 1.